The molecule has 2 N–H and O–H groups in total. The third-order valence-corrected chi connectivity index (χ3v) is 3.99. The van der Waals surface area contributed by atoms with Crippen LogP contribution >= 0.6 is 11.6 Å². The van der Waals surface area contributed by atoms with E-state index in [0.29, 0.717) is 29.3 Å². The molecular formula is C17H18ClN3O5. The zero-order valence-corrected chi connectivity index (χ0v) is 14.8. The Hall–Kier alpha value is -2.42. The topological polar surface area (TPSA) is 102 Å². The first-order chi connectivity index (χ1) is 12.6. The second-order valence-corrected chi connectivity index (χ2v) is 5.93. The van der Waals surface area contributed by atoms with Crippen molar-refractivity contribution in [1.29, 1.82) is 0 Å². The van der Waals surface area contributed by atoms with Gasteiger partial charge in [-0.05, 0) is 19.1 Å². The van der Waals surface area contributed by atoms with E-state index in [9.17, 15) is 9.59 Å². The van der Waals surface area contributed by atoms with Gasteiger partial charge in [0.15, 0.2) is 6.10 Å². The van der Waals surface area contributed by atoms with Crippen LogP contribution in [-0.4, -0.2) is 55.6 Å². The second-order valence-electron chi connectivity index (χ2n) is 5.49. The van der Waals surface area contributed by atoms with E-state index in [2.05, 4.69) is 15.5 Å². The molecule has 0 aliphatic carbocycles. The van der Waals surface area contributed by atoms with Gasteiger partial charge in [-0.2, -0.15) is 5.10 Å². The number of nitrogens with zero attached hydrogens (tertiary/aromatic N) is 1. The average Bonchev–Trinajstić information content (AvgIpc) is 3.00. The molecule has 1 atom stereocenters. The third kappa shape index (κ3) is 4.04. The lowest BCUT2D eigenvalue weighted by atomic mass is 10.1. The van der Waals surface area contributed by atoms with Gasteiger partial charge in [0.2, 0.25) is 0 Å². The molecule has 8 nitrogen and oxygen atoms in total. The Morgan fingerprint density at radius 1 is 1.46 bits per heavy atom. The number of carbonyl (C=O) groups excluding carboxylic acids is 2. The van der Waals surface area contributed by atoms with Gasteiger partial charge in [-0.25, -0.2) is 10.2 Å². The van der Waals surface area contributed by atoms with Crippen LogP contribution in [0.5, 0.6) is 0 Å². The minimum absolute atomic E-state index is 0.182. The van der Waals surface area contributed by atoms with Crippen LogP contribution in [0.2, 0.25) is 5.02 Å². The number of H-pyrrole nitrogens is 1. The van der Waals surface area contributed by atoms with Crippen molar-refractivity contribution in [2.75, 3.05) is 26.4 Å². The fourth-order valence-electron chi connectivity index (χ4n) is 2.56. The van der Waals surface area contributed by atoms with Crippen molar-refractivity contribution in [3.05, 3.63) is 34.5 Å². The maximum Gasteiger partial charge on any atom is 0.355 e. The molecule has 1 amide bonds. The number of aromatic nitrogens is 1. The van der Waals surface area contributed by atoms with Crippen LogP contribution in [0, 0.1) is 0 Å². The van der Waals surface area contributed by atoms with E-state index >= 15 is 0 Å². The molecule has 26 heavy (non-hydrogen) atoms. The van der Waals surface area contributed by atoms with Gasteiger partial charge in [-0.3, -0.25) is 4.79 Å². The van der Waals surface area contributed by atoms with Gasteiger partial charge in [0.25, 0.3) is 5.91 Å². The molecule has 0 bridgehead atoms. The number of hydrogen-bond acceptors (Lipinski definition) is 6. The van der Waals surface area contributed by atoms with Gasteiger partial charge < -0.3 is 19.2 Å². The number of rotatable bonds is 5. The standard InChI is InChI=1S/C17H18ClN3O5/c1-2-25-17(23)15-12(11-4-3-10(18)7-13(11)20-15)8-19-21-16(22)14-9-24-5-6-26-14/h3-4,7-8,14,20H,2,5-6,9H2,1H3,(H,21,22)/b19-8+. The predicted octanol–water partition coefficient (Wildman–Crippen LogP) is 1.86. The lowest BCUT2D eigenvalue weighted by molar-refractivity contribution is -0.147. The van der Waals surface area contributed by atoms with Crippen molar-refractivity contribution >= 4 is 40.6 Å². The van der Waals surface area contributed by atoms with Gasteiger partial charge >= 0.3 is 5.97 Å². The van der Waals surface area contributed by atoms with Gasteiger partial charge in [0, 0.05) is 21.5 Å². The maximum absolute atomic E-state index is 12.2. The number of halogens is 1. The Kier molecular flexibility index (Phi) is 5.87. The van der Waals surface area contributed by atoms with Gasteiger partial charge in [0.1, 0.15) is 5.69 Å². The minimum atomic E-state index is -0.702. The number of amides is 1. The zero-order valence-electron chi connectivity index (χ0n) is 14.1. The quantitative estimate of drug-likeness (QED) is 0.469. The minimum Gasteiger partial charge on any atom is -0.461 e. The van der Waals surface area contributed by atoms with Gasteiger partial charge in [-0.15, -0.1) is 0 Å². The molecule has 1 fully saturated rings. The Bertz CT molecular complexity index is 842. The van der Waals surface area contributed by atoms with Crippen LogP contribution in [-0.2, 0) is 19.0 Å². The van der Waals surface area contributed by atoms with Crippen molar-refractivity contribution in [3.8, 4) is 0 Å². The smallest absolute Gasteiger partial charge is 0.355 e. The normalized spacial score (nSPS) is 17.5. The zero-order chi connectivity index (χ0) is 18.5. The number of carbonyl (C=O) groups is 2. The molecule has 2 aromatic rings. The Morgan fingerprint density at radius 2 is 2.31 bits per heavy atom. The number of hydrogen-bond donors (Lipinski definition) is 2. The van der Waals surface area contributed by atoms with E-state index in [0.717, 1.165) is 5.39 Å². The summed E-state index contributed by atoms with van der Waals surface area (Å²) in [5.74, 6) is -0.932. The molecule has 1 aliphatic heterocycles. The highest BCUT2D eigenvalue weighted by molar-refractivity contribution is 6.31. The fraction of sp³-hybridized carbons (Fsp3) is 0.353. The highest BCUT2D eigenvalue weighted by atomic mass is 35.5. The van der Waals surface area contributed by atoms with Gasteiger partial charge in [0.05, 0.1) is 32.6 Å². The Morgan fingerprint density at radius 3 is 3.04 bits per heavy atom. The second kappa shape index (κ2) is 8.31. The van der Waals surface area contributed by atoms with E-state index in [1.54, 1.807) is 25.1 Å². The SMILES string of the molecule is CCOC(=O)c1[nH]c2cc(Cl)ccc2c1/C=N/NC(=O)C1COCCO1. The van der Waals surface area contributed by atoms with E-state index < -0.39 is 18.0 Å². The summed E-state index contributed by atoms with van der Waals surface area (Å²) in [6.45, 7) is 2.96. The molecule has 0 saturated carbocycles. The predicted molar refractivity (Wildman–Crippen MR) is 95.6 cm³/mol. The number of ether oxygens (including phenoxy) is 3. The monoisotopic (exact) mass is 379 g/mol. The summed E-state index contributed by atoms with van der Waals surface area (Å²) in [5, 5.41) is 5.20. The van der Waals surface area contributed by atoms with Crippen LogP contribution in [0.25, 0.3) is 10.9 Å². The number of esters is 1. The van der Waals surface area contributed by atoms with Crippen molar-refractivity contribution in [2.24, 2.45) is 5.10 Å². The summed E-state index contributed by atoms with van der Waals surface area (Å²) in [7, 11) is 0. The molecule has 1 aromatic carbocycles. The van der Waals surface area contributed by atoms with Crippen molar-refractivity contribution in [1.82, 2.24) is 10.4 Å². The molecule has 3 rings (SSSR count). The van der Waals surface area contributed by atoms with Crippen molar-refractivity contribution < 1.29 is 23.8 Å². The molecule has 9 heteroatoms. The van der Waals surface area contributed by atoms with E-state index in [1.807, 2.05) is 0 Å². The molecule has 1 unspecified atom stereocenters. The van der Waals surface area contributed by atoms with Crippen molar-refractivity contribution in [3.63, 3.8) is 0 Å². The molecule has 1 aromatic heterocycles. The molecule has 2 heterocycles. The number of fused-ring (bicyclic) bond motifs is 1. The largest absolute Gasteiger partial charge is 0.461 e. The lowest BCUT2D eigenvalue weighted by Crippen LogP contribution is -2.41. The van der Waals surface area contributed by atoms with E-state index in [4.69, 9.17) is 25.8 Å². The summed E-state index contributed by atoms with van der Waals surface area (Å²) in [5.41, 5.74) is 3.79. The van der Waals surface area contributed by atoms with Crippen LogP contribution < -0.4 is 5.43 Å². The summed E-state index contributed by atoms with van der Waals surface area (Å²) >= 11 is 6.00. The summed E-state index contributed by atoms with van der Waals surface area (Å²) < 4.78 is 15.5. The van der Waals surface area contributed by atoms with E-state index in [-0.39, 0.29) is 18.9 Å². The van der Waals surface area contributed by atoms with E-state index in [1.165, 1.54) is 6.21 Å². The van der Waals surface area contributed by atoms with Crippen LogP contribution in [0.1, 0.15) is 23.0 Å². The first kappa shape index (κ1) is 18.4. The molecule has 138 valence electrons. The number of aromatic amines is 1. The molecule has 1 saturated heterocycles. The molecule has 1 aliphatic rings. The molecular weight excluding hydrogens is 362 g/mol. The van der Waals surface area contributed by atoms with Crippen molar-refractivity contribution in [2.45, 2.75) is 13.0 Å². The number of benzene rings is 1. The Balaban J connectivity index is 1.83. The average molecular weight is 380 g/mol. The first-order valence-corrected chi connectivity index (χ1v) is 8.48. The summed E-state index contributed by atoms with van der Waals surface area (Å²) in [6.07, 6.45) is 0.688. The summed E-state index contributed by atoms with van der Waals surface area (Å²) in [6, 6.07) is 5.16. The number of hydrazone groups is 1. The Labute approximate surface area is 154 Å². The highest BCUT2D eigenvalue weighted by Crippen LogP contribution is 2.24. The maximum atomic E-state index is 12.2. The van der Waals surface area contributed by atoms with Crippen LogP contribution in [0.3, 0.4) is 0 Å². The third-order valence-electron chi connectivity index (χ3n) is 3.76. The van der Waals surface area contributed by atoms with Gasteiger partial charge in [-0.1, -0.05) is 17.7 Å². The molecule has 0 radical (unpaired) electrons. The first-order valence-electron chi connectivity index (χ1n) is 8.10. The molecule has 0 spiro atoms. The summed E-state index contributed by atoms with van der Waals surface area (Å²) in [4.78, 5) is 27.2. The fourth-order valence-corrected chi connectivity index (χ4v) is 2.73. The number of nitrogens with one attached hydrogen (secondary N) is 2. The van der Waals surface area contributed by atoms with Crippen LogP contribution in [0.15, 0.2) is 23.3 Å². The lowest BCUT2D eigenvalue weighted by Gasteiger charge is -2.20. The highest BCUT2D eigenvalue weighted by Gasteiger charge is 2.22. The van der Waals surface area contributed by atoms with Crippen LogP contribution in [0.4, 0.5) is 0 Å².